The van der Waals surface area contributed by atoms with E-state index in [2.05, 4.69) is 0 Å². The number of imide groups is 1. The lowest BCUT2D eigenvalue weighted by molar-refractivity contribution is -0.384. The average molecular weight is 500 g/mol. The van der Waals surface area contributed by atoms with Gasteiger partial charge in [-0.25, -0.2) is 9.96 Å². The van der Waals surface area contributed by atoms with E-state index in [1.807, 2.05) is 36.4 Å². The average Bonchev–Trinajstić information content (AvgIpc) is 3.40. The van der Waals surface area contributed by atoms with Crippen LogP contribution in [0.2, 0.25) is 5.02 Å². The Morgan fingerprint density at radius 3 is 2.36 bits per heavy atom. The van der Waals surface area contributed by atoms with E-state index in [-0.39, 0.29) is 10.7 Å². The number of hydroxylamine groups is 1. The largest absolute Gasteiger partial charge is 0.273 e. The lowest BCUT2D eigenvalue weighted by atomic mass is 9.90. The highest BCUT2D eigenvalue weighted by Gasteiger charge is 2.61. The molecular weight excluding hydrogens is 482 g/mol. The number of nitro benzene ring substituents is 1. The SMILES string of the molecule is O=C1[C@@H]2[C@H](ON(c3ccccc3)[C@H]2c2cc([N+](=O)[O-])ccc2Cl)C(=O)N1c1cccc2ccccc12. The maximum atomic E-state index is 14.0. The quantitative estimate of drug-likeness (QED) is 0.210. The molecule has 2 saturated heterocycles. The fourth-order valence-corrected chi connectivity index (χ4v) is 5.27. The van der Waals surface area contributed by atoms with E-state index in [1.54, 1.807) is 36.4 Å². The van der Waals surface area contributed by atoms with Crippen molar-refractivity contribution >= 4 is 51.2 Å². The topological polar surface area (TPSA) is 93.0 Å². The van der Waals surface area contributed by atoms with Gasteiger partial charge < -0.3 is 0 Å². The lowest BCUT2D eigenvalue weighted by Crippen LogP contribution is -2.37. The molecule has 8 nitrogen and oxygen atoms in total. The van der Waals surface area contributed by atoms with Crippen LogP contribution < -0.4 is 9.96 Å². The molecule has 4 aromatic rings. The Hall–Kier alpha value is -4.27. The predicted molar refractivity (Wildman–Crippen MR) is 135 cm³/mol. The van der Waals surface area contributed by atoms with Crippen molar-refractivity contribution in [1.29, 1.82) is 0 Å². The highest BCUT2D eigenvalue weighted by molar-refractivity contribution is 6.32. The van der Waals surface area contributed by atoms with Crippen molar-refractivity contribution < 1.29 is 19.3 Å². The molecule has 9 heteroatoms. The van der Waals surface area contributed by atoms with Gasteiger partial charge in [0.05, 0.1) is 22.3 Å². The third kappa shape index (κ3) is 3.34. The van der Waals surface area contributed by atoms with Crippen molar-refractivity contribution in [2.24, 2.45) is 5.92 Å². The van der Waals surface area contributed by atoms with Gasteiger partial charge in [-0.3, -0.25) is 24.5 Å². The second kappa shape index (κ2) is 8.44. The number of carbonyl (C=O) groups excluding carboxylic acids is 2. The molecule has 0 aromatic heterocycles. The van der Waals surface area contributed by atoms with Gasteiger partial charge in [-0.05, 0) is 29.7 Å². The van der Waals surface area contributed by atoms with Gasteiger partial charge in [-0.15, -0.1) is 0 Å². The highest BCUT2D eigenvalue weighted by atomic mass is 35.5. The normalized spacial score (nSPS) is 21.3. The molecule has 3 atom stereocenters. The minimum absolute atomic E-state index is 0.173. The van der Waals surface area contributed by atoms with E-state index in [1.165, 1.54) is 23.3 Å². The number of amides is 2. The van der Waals surface area contributed by atoms with Gasteiger partial charge in [-0.2, -0.15) is 0 Å². The number of hydrogen-bond acceptors (Lipinski definition) is 6. The van der Waals surface area contributed by atoms with Crippen LogP contribution in [0, 0.1) is 16.0 Å². The van der Waals surface area contributed by atoms with Crippen LogP contribution in [0.5, 0.6) is 0 Å². The van der Waals surface area contributed by atoms with Crippen molar-refractivity contribution in [2.45, 2.75) is 12.1 Å². The summed E-state index contributed by atoms with van der Waals surface area (Å²) in [6, 6.07) is 25.1. The zero-order valence-electron chi connectivity index (χ0n) is 18.7. The number of anilines is 2. The predicted octanol–water partition coefficient (Wildman–Crippen LogP) is 5.45. The maximum absolute atomic E-state index is 14.0. The van der Waals surface area contributed by atoms with Crippen LogP contribution in [0.4, 0.5) is 17.1 Å². The van der Waals surface area contributed by atoms with E-state index in [9.17, 15) is 19.7 Å². The Kier molecular flexibility index (Phi) is 5.21. The first-order valence-corrected chi connectivity index (χ1v) is 11.6. The monoisotopic (exact) mass is 499 g/mol. The third-order valence-electron chi connectivity index (χ3n) is 6.64. The molecule has 2 fully saturated rings. The van der Waals surface area contributed by atoms with Gasteiger partial charge in [0.2, 0.25) is 5.91 Å². The minimum atomic E-state index is -1.11. The van der Waals surface area contributed by atoms with Gasteiger partial charge in [0.25, 0.3) is 11.6 Å². The summed E-state index contributed by atoms with van der Waals surface area (Å²) in [7, 11) is 0. The van der Waals surface area contributed by atoms with Crippen molar-refractivity contribution in [3.8, 4) is 0 Å². The number of rotatable bonds is 4. The van der Waals surface area contributed by atoms with Crippen LogP contribution >= 0.6 is 11.6 Å². The van der Waals surface area contributed by atoms with E-state index in [0.29, 0.717) is 16.9 Å². The van der Waals surface area contributed by atoms with Gasteiger partial charge in [0.1, 0.15) is 5.92 Å². The Morgan fingerprint density at radius 1 is 0.861 bits per heavy atom. The zero-order chi connectivity index (χ0) is 25.0. The Balaban J connectivity index is 1.50. The second-order valence-corrected chi connectivity index (χ2v) is 9.04. The Labute approximate surface area is 210 Å². The number of para-hydroxylation sites is 1. The molecule has 0 aliphatic carbocycles. The van der Waals surface area contributed by atoms with Crippen LogP contribution in [0.1, 0.15) is 11.6 Å². The standard InChI is InChI=1S/C27H18ClN3O5/c28-21-14-13-18(31(34)35)15-20(21)24-23-25(36-30(24)17-9-2-1-3-10-17)27(33)29(26(23)32)22-12-6-8-16-7-4-5-11-19(16)22/h1-15,23-25H/t23-,24-,25-/m0/s1. The number of carbonyl (C=O) groups is 2. The number of non-ortho nitro benzene ring substituents is 1. The number of nitrogens with zero attached hydrogens (tertiary/aromatic N) is 3. The number of fused-ring (bicyclic) bond motifs is 2. The van der Waals surface area contributed by atoms with Crippen LogP contribution in [0.15, 0.2) is 91.0 Å². The molecule has 2 aliphatic heterocycles. The van der Waals surface area contributed by atoms with E-state index < -0.39 is 34.8 Å². The fourth-order valence-electron chi connectivity index (χ4n) is 5.04. The molecule has 0 saturated carbocycles. The number of benzene rings is 4. The first kappa shape index (κ1) is 22.2. The lowest BCUT2D eigenvalue weighted by Gasteiger charge is -2.29. The van der Waals surface area contributed by atoms with Gasteiger partial charge in [-0.1, -0.05) is 66.2 Å². The molecule has 0 spiro atoms. The summed E-state index contributed by atoms with van der Waals surface area (Å²) in [6.45, 7) is 0. The molecule has 0 radical (unpaired) electrons. The van der Waals surface area contributed by atoms with Crippen molar-refractivity contribution in [1.82, 2.24) is 0 Å². The summed E-state index contributed by atoms with van der Waals surface area (Å²) in [6.07, 6.45) is -1.11. The molecule has 0 N–H and O–H groups in total. The number of halogens is 1. The second-order valence-electron chi connectivity index (χ2n) is 8.63. The van der Waals surface area contributed by atoms with Crippen LogP contribution in [0.3, 0.4) is 0 Å². The van der Waals surface area contributed by atoms with Gasteiger partial charge >= 0.3 is 0 Å². The fraction of sp³-hybridized carbons (Fsp3) is 0.111. The van der Waals surface area contributed by atoms with Crippen LogP contribution in [0.25, 0.3) is 10.8 Å². The van der Waals surface area contributed by atoms with Crippen molar-refractivity contribution in [3.63, 3.8) is 0 Å². The first-order chi connectivity index (χ1) is 17.5. The molecule has 2 aliphatic rings. The Morgan fingerprint density at radius 2 is 1.58 bits per heavy atom. The first-order valence-electron chi connectivity index (χ1n) is 11.3. The summed E-state index contributed by atoms with van der Waals surface area (Å²) in [5.74, 6) is -1.91. The van der Waals surface area contributed by atoms with Crippen molar-refractivity contribution in [2.75, 3.05) is 9.96 Å². The number of hydrogen-bond donors (Lipinski definition) is 0. The van der Waals surface area contributed by atoms with Gasteiger partial charge in [0.15, 0.2) is 6.10 Å². The summed E-state index contributed by atoms with van der Waals surface area (Å²) in [5, 5.41) is 14.9. The summed E-state index contributed by atoms with van der Waals surface area (Å²) < 4.78 is 0. The molecule has 6 rings (SSSR count). The highest BCUT2D eigenvalue weighted by Crippen LogP contribution is 2.50. The Bertz CT molecular complexity index is 1540. The molecular formula is C27H18ClN3O5. The van der Waals surface area contributed by atoms with Crippen LogP contribution in [-0.2, 0) is 14.4 Å². The van der Waals surface area contributed by atoms with Gasteiger partial charge in [0, 0.05) is 28.1 Å². The van der Waals surface area contributed by atoms with Crippen LogP contribution in [-0.4, -0.2) is 22.8 Å². The molecule has 2 amide bonds. The minimum Gasteiger partial charge on any atom is -0.273 e. The summed E-state index contributed by atoms with van der Waals surface area (Å²) >= 11 is 6.53. The maximum Gasteiger partial charge on any atom is 0.269 e. The molecule has 4 aromatic carbocycles. The number of nitro groups is 1. The third-order valence-corrected chi connectivity index (χ3v) is 6.99. The molecule has 36 heavy (non-hydrogen) atoms. The van der Waals surface area contributed by atoms with E-state index in [4.69, 9.17) is 16.4 Å². The molecule has 178 valence electrons. The van der Waals surface area contributed by atoms with Crippen molar-refractivity contribution in [3.05, 3.63) is 112 Å². The summed E-state index contributed by atoms with van der Waals surface area (Å²) in [5.41, 5.74) is 1.23. The smallest absolute Gasteiger partial charge is 0.269 e. The zero-order valence-corrected chi connectivity index (χ0v) is 19.4. The summed E-state index contributed by atoms with van der Waals surface area (Å²) in [4.78, 5) is 45.9. The van der Waals surface area contributed by atoms with E-state index in [0.717, 1.165) is 15.7 Å². The van der Waals surface area contributed by atoms with E-state index >= 15 is 0 Å². The molecule has 0 unspecified atom stereocenters. The molecule has 2 heterocycles. The molecule has 0 bridgehead atoms.